The summed E-state index contributed by atoms with van der Waals surface area (Å²) in [5.41, 5.74) is 0.799. The number of piperidine rings is 1. The van der Waals surface area contributed by atoms with Gasteiger partial charge in [0, 0.05) is 48.7 Å². The van der Waals surface area contributed by atoms with Gasteiger partial charge >= 0.3 is 6.18 Å². The van der Waals surface area contributed by atoms with Crippen molar-refractivity contribution in [2.45, 2.75) is 44.7 Å². The third kappa shape index (κ3) is 3.88. The van der Waals surface area contributed by atoms with Gasteiger partial charge in [0.05, 0.1) is 5.69 Å². The number of fused-ring (bicyclic) bond motifs is 1. The molecule has 0 bridgehead atoms. The van der Waals surface area contributed by atoms with Crippen LogP contribution >= 0.6 is 0 Å². The summed E-state index contributed by atoms with van der Waals surface area (Å²) in [5.74, 6) is -0.394. The number of nitrogens with zero attached hydrogens (tertiary/aromatic N) is 5. The van der Waals surface area contributed by atoms with Crippen molar-refractivity contribution in [2.75, 3.05) is 13.1 Å². The van der Waals surface area contributed by atoms with Crippen LogP contribution in [0.5, 0.6) is 0 Å². The zero-order valence-electron chi connectivity index (χ0n) is 16.7. The lowest BCUT2D eigenvalue weighted by Crippen LogP contribution is -2.39. The molecule has 1 aliphatic rings. The molecule has 4 heterocycles. The van der Waals surface area contributed by atoms with Crippen LogP contribution in [0.1, 0.15) is 66.0 Å². The van der Waals surface area contributed by atoms with Crippen LogP contribution in [0.3, 0.4) is 0 Å². The molecule has 1 fully saturated rings. The average molecular weight is 417 g/mol. The Balaban J connectivity index is 1.66. The van der Waals surface area contributed by atoms with E-state index in [0.717, 1.165) is 23.4 Å². The van der Waals surface area contributed by atoms with Gasteiger partial charge in [0.2, 0.25) is 0 Å². The maximum absolute atomic E-state index is 13.6. The molecule has 9 heteroatoms. The molecule has 0 saturated carbocycles. The molecule has 30 heavy (non-hydrogen) atoms. The predicted octanol–water partition coefficient (Wildman–Crippen LogP) is 4.29. The standard InChI is InChI=1S/C21H22F3N5O/c1-13(2)16-10-18(21(22,23)24)29-19(26-16)11-17(27-29)15-4-3-9-28(12-15)20(30)14-5-7-25-8-6-14/h5-8,10-11,13,15H,3-4,9,12H2,1-2H3/t15-/m0/s1. The fourth-order valence-electron chi connectivity index (χ4n) is 3.79. The van der Waals surface area contributed by atoms with Gasteiger partial charge in [-0.25, -0.2) is 9.50 Å². The number of hydrogen-bond donors (Lipinski definition) is 0. The van der Waals surface area contributed by atoms with E-state index >= 15 is 0 Å². The van der Waals surface area contributed by atoms with E-state index in [1.807, 2.05) is 0 Å². The second kappa shape index (κ2) is 7.70. The Labute approximate surface area is 171 Å². The molecule has 1 aliphatic heterocycles. The third-order valence-electron chi connectivity index (χ3n) is 5.40. The molecule has 1 saturated heterocycles. The summed E-state index contributed by atoms with van der Waals surface area (Å²) in [7, 11) is 0. The van der Waals surface area contributed by atoms with E-state index in [2.05, 4.69) is 15.1 Å². The molecule has 0 N–H and O–H groups in total. The highest BCUT2D eigenvalue weighted by atomic mass is 19.4. The Morgan fingerprint density at radius 2 is 1.93 bits per heavy atom. The summed E-state index contributed by atoms with van der Waals surface area (Å²) in [5, 5.41) is 4.26. The van der Waals surface area contributed by atoms with Gasteiger partial charge in [-0.1, -0.05) is 13.8 Å². The average Bonchev–Trinajstić information content (AvgIpc) is 3.16. The van der Waals surface area contributed by atoms with Crippen molar-refractivity contribution >= 4 is 11.6 Å². The van der Waals surface area contributed by atoms with E-state index in [9.17, 15) is 18.0 Å². The van der Waals surface area contributed by atoms with Crippen LogP contribution in [0.15, 0.2) is 36.7 Å². The van der Waals surface area contributed by atoms with Crippen LogP contribution < -0.4 is 0 Å². The summed E-state index contributed by atoms with van der Waals surface area (Å²) < 4.78 is 41.7. The van der Waals surface area contributed by atoms with Gasteiger partial charge in [0.15, 0.2) is 5.65 Å². The zero-order valence-corrected chi connectivity index (χ0v) is 16.7. The van der Waals surface area contributed by atoms with Crippen molar-refractivity contribution < 1.29 is 18.0 Å². The van der Waals surface area contributed by atoms with Crippen molar-refractivity contribution in [1.82, 2.24) is 24.5 Å². The number of rotatable bonds is 3. The summed E-state index contributed by atoms with van der Waals surface area (Å²) in [6.45, 7) is 4.62. The Morgan fingerprint density at radius 1 is 1.20 bits per heavy atom. The van der Waals surface area contributed by atoms with E-state index in [1.54, 1.807) is 49.3 Å². The molecule has 0 unspecified atom stereocenters. The van der Waals surface area contributed by atoms with Gasteiger partial charge in [-0.2, -0.15) is 18.3 Å². The molecule has 4 rings (SSSR count). The van der Waals surface area contributed by atoms with E-state index in [-0.39, 0.29) is 23.4 Å². The maximum atomic E-state index is 13.6. The number of hydrogen-bond acceptors (Lipinski definition) is 4. The molecular formula is C21H22F3N5O. The van der Waals surface area contributed by atoms with E-state index in [4.69, 9.17) is 0 Å². The van der Waals surface area contributed by atoms with Crippen LogP contribution in [-0.2, 0) is 6.18 Å². The number of likely N-dealkylation sites (tertiary alicyclic amines) is 1. The topological polar surface area (TPSA) is 63.4 Å². The second-order valence-corrected chi connectivity index (χ2v) is 7.88. The minimum absolute atomic E-state index is 0.109. The molecule has 1 atom stereocenters. The van der Waals surface area contributed by atoms with Crippen LogP contribution in [0, 0.1) is 0 Å². The minimum atomic E-state index is -4.54. The summed E-state index contributed by atoms with van der Waals surface area (Å²) >= 11 is 0. The van der Waals surface area contributed by atoms with E-state index < -0.39 is 11.9 Å². The van der Waals surface area contributed by atoms with Crippen LogP contribution in [0.25, 0.3) is 5.65 Å². The zero-order chi connectivity index (χ0) is 21.5. The number of alkyl halides is 3. The second-order valence-electron chi connectivity index (χ2n) is 7.88. The van der Waals surface area contributed by atoms with Crippen LogP contribution in [0.4, 0.5) is 13.2 Å². The SMILES string of the molecule is CC(C)c1cc(C(F)(F)F)n2nc([C@H]3CCCN(C(=O)c4ccncc4)C3)cc2n1. The number of carbonyl (C=O) groups excluding carboxylic acids is 1. The van der Waals surface area contributed by atoms with Gasteiger partial charge in [0.1, 0.15) is 5.69 Å². The van der Waals surface area contributed by atoms with Crippen LogP contribution in [-0.4, -0.2) is 43.5 Å². The molecule has 0 radical (unpaired) electrons. The van der Waals surface area contributed by atoms with Gasteiger partial charge in [0.25, 0.3) is 5.91 Å². The molecule has 1 amide bonds. The summed E-state index contributed by atoms with van der Waals surface area (Å²) in [4.78, 5) is 22.8. The molecule has 0 spiro atoms. The Kier molecular flexibility index (Phi) is 5.21. The highest BCUT2D eigenvalue weighted by Gasteiger charge is 2.36. The van der Waals surface area contributed by atoms with Crippen molar-refractivity contribution in [3.8, 4) is 0 Å². The quantitative estimate of drug-likeness (QED) is 0.638. The number of amides is 1. The largest absolute Gasteiger partial charge is 0.433 e. The maximum Gasteiger partial charge on any atom is 0.433 e. The van der Waals surface area contributed by atoms with Gasteiger partial charge in [-0.3, -0.25) is 9.78 Å². The predicted molar refractivity (Wildman–Crippen MR) is 104 cm³/mol. The lowest BCUT2D eigenvalue weighted by atomic mass is 9.94. The summed E-state index contributed by atoms with van der Waals surface area (Å²) in [6.07, 6.45) is 0.0967. The number of carbonyl (C=O) groups is 1. The molecule has 6 nitrogen and oxygen atoms in total. The number of aromatic nitrogens is 4. The highest BCUT2D eigenvalue weighted by Crippen LogP contribution is 2.33. The minimum Gasteiger partial charge on any atom is -0.338 e. The fourth-order valence-corrected chi connectivity index (χ4v) is 3.79. The van der Waals surface area contributed by atoms with E-state index in [0.29, 0.717) is 30.0 Å². The van der Waals surface area contributed by atoms with Gasteiger partial charge < -0.3 is 4.90 Å². The number of halogens is 3. The molecular weight excluding hydrogens is 395 g/mol. The normalized spacial score (nSPS) is 17.7. The first kappa shape index (κ1) is 20.3. The first-order valence-electron chi connectivity index (χ1n) is 9.91. The van der Waals surface area contributed by atoms with Crippen molar-refractivity contribution in [1.29, 1.82) is 0 Å². The van der Waals surface area contributed by atoms with Crippen molar-refractivity contribution in [2.24, 2.45) is 0 Å². The monoisotopic (exact) mass is 417 g/mol. The fraction of sp³-hybridized carbons (Fsp3) is 0.429. The van der Waals surface area contributed by atoms with E-state index in [1.165, 1.54) is 0 Å². The lowest BCUT2D eigenvalue weighted by Gasteiger charge is -2.32. The molecule has 158 valence electrons. The number of pyridine rings is 1. The van der Waals surface area contributed by atoms with Gasteiger partial charge in [-0.15, -0.1) is 0 Å². The van der Waals surface area contributed by atoms with Crippen molar-refractivity contribution in [3.63, 3.8) is 0 Å². The Hall–Kier alpha value is -2.97. The smallest absolute Gasteiger partial charge is 0.338 e. The first-order valence-corrected chi connectivity index (χ1v) is 9.91. The van der Waals surface area contributed by atoms with Crippen molar-refractivity contribution in [3.05, 3.63) is 59.3 Å². The molecule has 0 aliphatic carbocycles. The molecule has 0 aromatic carbocycles. The van der Waals surface area contributed by atoms with Gasteiger partial charge in [-0.05, 0) is 37.0 Å². The third-order valence-corrected chi connectivity index (χ3v) is 5.40. The highest BCUT2D eigenvalue weighted by molar-refractivity contribution is 5.94. The molecule has 3 aromatic rings. The first-order chi connectivity index (χ1) is 14.2. The molecule has 3 aromatic heterocycles. The van der Waals surface area contributed by atoms with Crippen LogP contribution in [0.2, 0.25) is 0 Å². The Bertz CT molecular complexity index is 1060. The Morgan fingerprint density at radius 3 is 2.60 bits per heavy atom. The summed E-state index contributed by atoms with van der Waals surface area (Å²) in [6, 6.07) is 5.99. The lowest BCUT2D eigenvalue weighted by molar-refractivity contribution is -0.142.